The zero-order chi connectivity index (χ0) is 10.7. The van der Waals surface area contributed by atoms with Gasteiger partial charge in [0.05, 0.1) is 7.11 Å². The van der Waals surface area contributed by atoms with Crippen LogP contribution in [0.2, 0.25) is 0 Å². The molecule has 0 saturated heterocycles. The summed E-state index contributed by atoms with van der Waals surface area (Å²) < 4.78 is 18.4. The summed E-state index contributed by atoms with van der Waals surface area (Å²) in [6, 6.07) is 4.63. The van der Waals surface area contributed by atoms with Crippen LogP contribution in [0.3, 0.4) is 0 Å². The van der Waals surface area contributed by atoms with E-state index in [1.54, 1.807) is 13.2 Å². The molecular formula is C12H14FNO. The van der Waals surface area contributed by atoms with Crippen molar-refractivity contribution in [3.05, 3.63) is 35.7 Å². The van der Waals surface area contributed by atoms with Crippen LogP contribution in [0.15, 0.2) is 24.3 Å². The molecule has 0 radical (unpaired) electrons. The molecule has 15 heavy (non-hydrogen) atoms. The van der Waals surface area contributed by atoms with Gasteiger partial charge in [0.25, 0.3) is 0 Å². The third-order valence-electron chi connectivity index (χ3n) is 2.57. The highest BCUT2D eigenvalue weighted by Crippen LogP contribution is 2.29. The van der Waals surface area contributed by atoms with Crippen molar-refractivity contribution in [2.45, 2.75) is 6.42 Å². The average Bonchev–Trinajstić information content (AvgIpc) is 2.30. The van der Waals surface area contributed by atoms with Crippen LogP contribution in [0.5, 0.6) is 5.75 Å². The molecule has 0 saturated carbocycles. The van der Waals surface area contributed by atoms with E-state index in [0.717, 1.165) is 36.4 Å². The molecule has 1 aromatic rings. The van der Waals surface area contributed by atoms with Gasteiger partial charge in [0.15, 0.2) is 0 Å². The second-order valence-electron chi connectivity index (χ2n) is 3.53. The third kappa shape index (κ3) is 2.18. The van der Waals surface area contributed by atoms with Crippen molar-refractivity contribution in [2.75, 3.05) is 20.2 Å². The van der Waals surface area contributed by atoms with Gasteiger partial charge in [0, 0.05) is 12.1 Å². The van der Waals surface area contributed by atoms with E-state index in [2.05, 4.69) is 11.4 Å². The second kappa shape index (κ2) is 4.45. The molecule has 0 amide bonds. The number of rotatable bonds is 2. The Bertz CT molecular complexity index is 387. The molecule has 1 heterocycles. The van der Waals surface area contributed by atoms with Gasteiger partial charge in [-0.3, -0.25) is 0 Å². The van der Waals surface area contributed by atoms with Crippen molar-refractivity contribution in [1.29, 1.82) is 0 Å². The molecule has 0 spiro atoms. The lowest BCUT2D eigenvalue weighted by Gasteiger charge is -2.16. The van der Waals surface area contributed by atoms with Gasteiger partial charge in [-0.1, -0.05) is 6.08 Å². The van der Waals surface area contributed by atoms with Crippen molar-refractivity contribution < 1.29 is 9.13 Å². The van der Waals surface area contributed by atoms with Gasteiger partial charge in [-0.05, 0) is 36.7 Å². The fraction of sp³-hybridized carbons (Fsp3) is 0.333. The van der Waals surface area contributed by atoms with Crippen molar-refractivity contribution in [1.82, 2.24) is 5.32 Å². The zero-order valence-electron chi connectivity index (χ0n) is 8.72. The molecule has 0 fully saturated rings. The standard InChI is InChI=1S/C12H14FNO/c1-15-12-3-2-10(13)8-11(12)9-4-6-14-7-5-9/h2-4,8,14H,5-7H2,1H3. The fourth-order valence-corrected chi connectivity index (χ4v) is 1.80. The van der Waals surface area contributed by atoms with Gasteiger partial charge in [0.2, 0.25) is 0 Å². The summed E-state index contributed by atoms with van der Waals surface area (Å²) in [5.74, 6) is 0.523. The molecule has 0 atom stereocenters. The second-order valence-corrected chi connectivity index (χ2v) is 3.53. The Kier molecular flexibility index (Phi) is 3.02. The Hall–Kier alpha value is -1.35. The summed E-state index contributed by atoms with van der Waals surface area (Å²) in [6.45, 7) is 1.78. The maximum absolute atomic E-state index is 13.1. The van der Waals surface area contributed by atoms with Crippen molar-refractivity contribution in [3.63, 3.8) is 0 Å². The Balaban J connectivity index is 2.40. The van der Waals surface area contributed by atoms with E-state index in [0.29, 0.717) is 0 Å². The van der Waals surface area contributed by atoms with Crippen molar-refractivity contribution >= 4 is 5.57 Å². The molecule has 3 heteroatoms. The summed E-state index contributed by atoms with van der Waals surface area (Å²) in [5.41, 5.74) is 2.03. The largest absolute Gasteiger partial charge is 0.496 e. The molecule has 1 aromatic carbocycles. The van der Waals surface area contributed by atoms with Gasteiger partial charge in [0.1, 0.15) is 11.6 Å². The quantitative estimate of drug-likeness (QED) is 0.802. The topological polar surface area (TPSA) is 21.3 Å². The van der Waals surface area contributed by atoms with Gasteiger partial charge in [-0.15, -0.1) is 0 Å². The molecule has 0 unspecified atom stereocenters. The van der Waals surface area contributed by atoms with Crippen LogP contribution >= 0.6 is 0 Å². The van der Waals surface area contributed by atoms with E-state index in [1.165, 1.54) is 12.1 Å². The lowest BCUT2D eigenvalue weighted by atomic mass is 9.99. The smallest absolute Gasteiger partial charge is 0.126 e. The molecule has 0 aliphatic carbocycles. The Labute approximate surface area is 88.8 Å². The minimum Gasteiger partial charge on any atom is -0.496 e. The molecule has 2 nitrogen and oxygen atoms in total. The van der Waals surface area contributed by atoms with E-state index in [-0.39, 0.29) is 5.82 Å². The van der Waals surface area contributed by atoms with Crippen molar-refractivity contribution in [2.24, 2.45) is 0 Å². The van der Waals surface area contributed by atoms with Crippen LogP contribution in [-0.4, -0.2) is 20.2 Å². The maximum atomic E-state index is 13.1. The molecule has 1 aliphatic heterocycles. The minimum absolute atomic E-state index is 0.217. The number of benzene rings is 1. The summed E-state index contributed by atoms with van der Waals surface area (Å²) >= 11 is 0. The van der Waals surface area contributed by atoms with E-state index in [1.807, 2.05) is 0 Å². The number of halogens is 1. The Morgan fingerprint density at radius 3 is 2.93 bits per heavy atom. The summed E-state index contributed by atoms with van der Waals surface area (Å²) in [4.78, 5) is 0. The molecule has 1 N–H and O–H groups in total. The normalized spacial score (nSPS) is 16.0. The number of hydrogen-bond donors (Lipinski definition) is 1. The highest BCUT2D eigenvalue weighted by atomic mass is 19.1. The molecule has 0 bridgehead atoms. The minimum atomic E-state index is -0.217. The number of ether oxygens (including phenoxy) is 1. The molecule has 80 valence electrons. The highest BCUT2D eigenvalue weighted by Gasteiger charge is 2.11. The Morgan fingerprint density at radius 2 is 2.27 bits per heavy atom. The summed E-state index contributed by atoms with van der Waals surface area (Å²) in [5, 5.41) is 3.23. The number of methoxy groups -OCH3 is 1. The van der Waals surface area contributed by atoms with Gasteiger partial charge in [-0.25, -0.2) is 4.39 Å². The van der Waals surface area contributed by atoms with Crippen LogP contribution in [0.25, 0.3) is 5.57 Å². The van der Waals surface area contributed by atoms with Gasteiger partial charge in [-0.2, -0.15) is 0 Å². The first kappa shape index (κ1) is 10.2. The van der Waals surface area contributed by atoms with Crippen molar-refractivity contribution in [3.8, 4) is 5.75 Å². The van der Waals surface area contributed by atoms with Crippen LogP contribution in [-0.2, 0) is 0 Å². The molecule has 2 rings (SSSR count). The summed E-state index contributed by atoms with van der Waals surface area (Å²) in [6.07, 6.45) is 3.00. The predicted octanol–water partition coefficient (Wildman–Crippen LogP) is 2.21. The SMILES string of the molecule is COc1ccc(F)cc1C1=CCNCC1. The number of hydrogen-bond acceptors (Lipinski definition) is 2. The highest BCUT2D eigenvalue weighted by molar-refractivity contribution is 5.71. The van der Waals surface area contributed by atoms with E-state index >= 15 is 0 Å². The van der Waals surface area contributed by atoms with Crippen LogP contribution in [0.4, 0.5) is 4.39 Å². The Morgan fingerprint density at radius 1 is 1.40 bits per heavy atom. The third-order valence-corrected chi connectivity index (χ3v) is 2.57. The first-order valence-electron chi connectivity index (χ1n) is 5.05. The van der Waals surface area contributed by atoms with E-state index in [4.69, 9.17) is 4.74 Å². The summed E-state index contributed by atoms with van der Waals surface area (Å²) in [7, 11) is 1.61. The lowest BCUT2D eigenvalue weighted by Crippen LogP contribution is -2.20. The molecular weight excluding hydrogens is 193 g/mol. The first-order valence-corrected chi connectivity index (χ1v) is 5.05. The molecule has 1 aliphatic rings. The lowest BCUT2D eigenvalue weighted by molar-refractivity contribution is 0.412. The fourth-order valence-electron chi connectivity index (χ4n) is 1.80. The monoisotopic (exact) mass is 207 g/mol. The first-order chi connectivity index (χ1) is 7.31. The predicted molar refractivity (Wildman–Crippen MR) is 58.4 cm³/mol. The van der Waals surface area contributed by atoms with E-state index in [9.17, 15) is 4.39 Å². The van der Waals surface area contributed by atoms with Gasteiger partial charge >= 0.3 is 0 Å². The van der Waals surface area contributed by atoms with Crippen LogP contribution in [0.1, 0.15) is 12.0 Å². The van der Waals surface area contributed by atoms with Crippen LogP contribution in [0, 0.1) is 5.82 Å². The average molecular weight is 207 g/mol. The van der Waals surface area contributed by atoms with Gasteiger partial charge < -0.3 is 10.1 Å². The molecule has 0 aromatic heterocycles. The zero-order valence-corrected chi connectivity index (χ0v) is 8.72. The van der Waals surface area contributed by atoms with E-state index < -0.39 is 0 Å². The number of nitrogens with one attached hydrogen (secondary N) is 1. The van der Waals surface area contributed by atoms with Crippen LogP contribution < -0.4 is 10.1 Å². The maximum Gasteiger partial charge on any atom is 0.126 e.